The maximum absolute atomic E-state index is 4.09. The fraction of sp³-hybridized carbons (Fsp3) is 0.333. The Labute approximate surface area is 90.2 Å². The summed E-state index contributed by atoms with van der Waals surface area (Å²) in [7, 11) is 0. The second kappa shape index (κ2) is 3.96. The second-order valence-electron chi connectivity index (χ2n) is 2.00. The highest BCUT2D eigenvalue weighted by Crippen LogP contribution is 2.27. The van der Waals surface area contributed by atoms with E-state index in [-0.39, 0.29) is 4.83 Å². The lowest BCUT2D eigenvalue weighted by atomic mass is 10.3. The Hall–Kier alpha value is 0.520. The maximum Gasteiger partial charge on any atom is 0.197 e. The highest BCUT2D eigenvalue weighted by Gasteiger charge is 2.07. The van der Waals surface area contributed by atoms with Gasteiger partial charge in [0.05, 0.1) is 0 Å². The van der Waals surface area contributed by atoms with Crippen LogP contribution in [0.5, 0.6) is 0 Å². The molecule has 0 bridgehead atoms. The van der Waals surface area contributed by atoms with Crippen molar-refractivity contribution < 1.29 is 0 Å². The molecule has 1 aromatic rings. The Balaban J connectivity index is 3.09. The Bertz CT molecular complexity index is 262. The van der Waals surface area contributed by atoms with Crippen LogP contribution in [0.25, 0.3) is 0 Å². The lowest BCUT2D eigenvalue weighted by molar-refractivity contribution is 0.987. The normalized spacial score (nSPS) is 13.1. The summed E-state index contributed by atoms with van der Waals surface area (Å²) >= 11 is 9.95. The lowest BCUT2D eigenvalue weighted by Gasteiger charge is -2.04. The molecule has 0 N–H and O–H groups in total. The molecule has 0 aliphatic heterocycles. The van der Waals surface area contributed by atoms with Crippen molar-refractivity contribution in [2.75, 3.05) is 0 Å². The van der Waals surface area contributed by atoms with Crippen molar-refractivity contribution in [3.05, 3.63) is 21.1 Å². The van der Waals surface area contributed by atoms with Gasteiger partial charge in [-0.3, -0.25) is 0 Å². The van der Waals surface area contributed by atoms with Crippen LogP contribution in [0.3, 0.4) is 0 Å². The van der Waals surface area contributed by atoms with Gasteiger partial charge in [0.1, 0.15) is 4.60 Å². The van der Waals surface area contributed by atoms with E-state index >= 15 is 0 Å². The van der Waals surface area contributed by atoms with Crippen LogP contribution in [0.1, 0.15) is 17.3 Å². The van der Waals surface area contributed by atoms with E-state index in [1.807, 2.05) is 6.92 Å². The van der Waals surface area contributed by atoms with Gasteiger partial charge in [0.15, 0.2) is 4.73 Å². The Morgan fingerprint density at radius 1 is 1.45 bits per heavy atom. The molecule has 1 aromatic heterocycles. The largest absolute Gasteiger partial charge is 0.230 e. The van der Waals surface area contributed by atoms with E-state index < -0.39 is 0 Å². The highest BCUT2D eigenvalue weighted by atomic mass is 79.9. The smallest absolute Gasteiger partial charge is 0.197 e. The molecule has 2 nitrogen and oxygen atoms in total. The molecule has 0 amide bonds. The minimum Gasteiger partial charge on any atom is -0.230 e. The topological polar surface area (TPSA) is 25.8 Å². The molecule has 0 saturated carbocycles. The van der Waals surface area contributed by atoms with Gasteiger partial charge in [-0.2, -0.15) is 0 Å². The van der Waals surface area contributed by atoms with Gasteiger partial charge in [0.25, 0.3) is 0 Å². The second-order valence-corrected chi connectivity index (χ2v) is 4.84. The molecule has 0 aliphatic carbocycles. The van der Waals surface area contributed by atoms with Gasteiger partial charge in [-0.1, -0.05) is 15.9 Å². The predicted octanol–water partition coefficient (Wildman–Crippen LogP) is 3.46. The van der Waals surface area contributed by atoms with Crippen molar-refractivity contribution in [2.24, 2.45) is 0 Å². The van der Waals surface area contributed by atoms with Crippen molar-refractivity contribution in [1.82, 2.24) is 9.97 Å². The lowest BCUT2D eigenvalue weighted by Crippen LogP contribution is -1.92. The first-order valence-corrected chi connectivity index (χ1v) is 5.43. The van der Waals surface area contributed by atoms with Gasteiger partial charge in [-0.15, -0.1) is 0 Å². The quantitative estimate of drug-likeness (QED) is 0.443. The van der Waals surface area contributed by atoms with Crippen molar-refractivity contribution in [3.8, 4) is 0 Å². The molecular weight excluding hydrogens is 340 g/mol. The van der Waals surface area contributed by atoms with Crippen LogP contribution in [0, 0.1) is 0 Å². The number of nitrogens with zero attached hydrogens (tertiary/aromatic N) is 2. The first-order chi connectivity index (χ1) is 5.11. The van der Waals surface area contributed by atoms with Crippen molar-refractivity contribution in [1.29, 1.82) is 0 Å². The number of rotatable bonds is 1. The van der Waals surface area contributed by atoms with Crippen LogP contribution in [0.15, 0.2) is 15.5 Å². The van der Waals surface area contributed by atoms with Crippen LogP contribution >= 0.6 is 47.8 Å². The van der Waals surface area contributed by atoms with E-state index in [9.17, 15) is 0 Å². The number of alkyl halides is 1. The SMILES string of the molecule is CC(Br)c1cnc(Br)nc1Br. The summed E-state index contributed by atoms with van der Waals surface area (Å²) in [6, 6.07) is 0. The molecule has 0 spiro atoms. The molecule has 1 unspecified atom stereocenters. The third-order valence-corrected chi connectivity index (χ3v) is 2.68. The minimum absolute atomic E-state index is 0.268. The average Bonchev–Trinajstić information content (AvgIpc) is 1.85. The molecule has 0 aliphatic rings. The Morgan fingerprint density at radius 2 is 2.09 bits per heavy atom. The third kappa shape index (κ3) is 2.49. The predicted molar refractivity (Wildman–Crippen MR) is 54.8 cm³/mol. The van der Waals surface area contributed by atoms with Crippen LogP contribution < -0.4 is 0 Å². The molecule has 0 radical (unpaired) electrons. The standard InChI is InChI=1S/C6H5Br3N2/c1-3(7)4-2-10-6(9)11-5(4)8/h2-3H,1H3. The zero-order valence-electron chi connectivity index (χ0n) is 5.68. The highest BCUT2D eigenvalue weighted by molar-refractivity contribution is 9.11. The summed E-state index contributed by atoms with van der Waals surface area (Å²) in [5, 5.41) is 0. The van der Waals surface area contributed by atoms with Crippen LogP contribution in [0.4, 0.5) is 0 Å². The molecule has 5 heteroatoms. The summed E-state index contributed by atoms with van der Waals surface area (Å²) in [6.45, 7) is 2.03. The molecule has 0 fully saturated rings. The minimum atomic E-state index is 0.268. The Kier molecular flexibility index (Phi) is 3.46. The molecule has 1 rings (SSSR count). The summed E-state index contributed by atoms with van der Waals surface area (Å²) < 4.78 is 1.42. The fourth-order valence-electron chi connectivity index (χ4n) is 0.617. The van der Waals surface area contributed by atoms with Gasteiger partial charge < -0.3 is 0 Å². The monoisotopic (exact) mass is 342 g/mol. The van der Waals surface area contributed by atoms with Crippen LogP contribution in [0.2, 0.25) is 0 Å². The first kappa shape index (κ1) is 9.61. The molecule has 11 heavy (non-hydrogen) atoms. The summed E-state index contributed by atoms with van der Waals surface area (Å²) in [5.74, 6) is 0. The van der Waals surface area contributed by atoms with Gasteiger partial charge in [0, 0.05) is 16.6 Å². The molecule has 0 saturated heterocycles. The average molecular weight is 345 g/mol. The van der Waals surface area contributed by atoms with Gasteiger partial charge in [-0.25, -0.2) is 9.97 Å². The summed E-state index contributed by atoms with van der Waals surface area (Å²) in [5.41, 5.74) is 1.05. The summed E-state index contributed by atoms with van der Waals surface area (Å²) in [4.78, 5) is 8.36. The number of aromatic nitrogens is 2. The zero-order chi connectivity index (χ0) is 8.43. The number of hydrogen-bond donors (Lipinski definition) is 0. The van der Waals surface area contributed by atoms with E-state index in [0.29, 0.717) is 4.73 Å². The number of halogens is 3. The fourth-order valence-corrected chi connectivity index (χ4v) is 2.39. The molecule has 1 atom stereocenters. The maximum atomic E-state index is 4.09. The van der Waals surface area contributed by atoms with E-state index in [0.717, 1.165) is 10.2 Å². The molecular formula is C6H5Br3N2. The van der Waals surface area contributed by atoms with Crippen molar-refractivity contribution in [3.63, 3.8) is 0 Å². The van der Waals surface area contributed by atoms with E-state index in [2.05, 4.69) is 57.8 Å². The third-order valence-electron chi connectivity index (χ3n) is 1.17. The van der Waals surface area contributed by atoms with Crippen LogP contribution in [-0.2, 0) is 0 Å². The molecule has 60 valence electrons. The van der Waals surface area contributed by atoms with E-state index in [1.54, 1.807) is 6.20 Å². The van der Waals surface area contributed by atoms with Gasteiger partial charge in [0.2, 0.25) is 0 Å². The van der Waals surface area contributed by atoms with Crippen molar-refractivity contribution >= 4 is 47.8 Å². The van der Waals surface area contributed by atoms with E-state index in [4.69, 9.17) is 0 Å². The van der Waals surface area contributed by atoms with Gasteiger partial charge >= 0.3 is 0 Å². The first-order valence-electron chi connectivity index (χ1n) is 2.93. The van der Waals surface area contributed by atoms with Crippen molar-refractivity contribution in [2.45, 2.75) is 11.8 Å². The molecule has 1 heterocycles. The molecule has 0 aromatic carbocycles. The number of hydrogen-bond acceptors (Lipinski definition) is 2. The zero-order valence-corrected chi connectivity index (χ0v) is 10.4. The van der Waals surface area contributed by atoms with E-state index in [1.165, 1.54) is 0 Å². The van der Waals surface area contributed by atoms with Crippen LogP contribution in [-0.4, -0.2) is 9.97 Å². The Morgan fingerprint density at radius 3 is 2.55 bits per heavy atom. The van der Waals surface area contributed by atoms with Gasteiger partial charge in [-0.05, 0) is 38.8 Å². The summed E-state index contributed by atoms with van der Waals surface area (Å²) in [6.07, 6.45) is 1.78.